The molecule has 0 unspecified atom stereocenters. The number of rotatable bonds is 11. The number of ether oxygens (including phenoxy) is 1. The summed E-state index contributed by atoms with van der Waals surface area (Å²) in [5, 5.41) is 3.19. The lowest BCUT2D eigenvalue weighted by molar-refractivity contribution is -0.143. The van der Waals surface area contributed by atoms with Crippen LogP contribution in [0.25, 0.3) is 4.85 Å². The number of morpholine rings is 1. The van der Waals surface area contributed by atoms with E-state index in [0.29, 0.717) is 71.0 Å². The molecule has 3 aromatic carbocycles. The van der Waals surface area contributed by atoms with Crippen molar-refractivity contribution in [3.8, 4) is 0 Å². The maximum Gasteiger partial charge on any atom is 0.227 e. The van der Waals surface area contributed by atoms with Crippen LogP contribution in [0.3, 0.4) is 0 Å². The molecule has 0 radical (unpaired) electrons. The van der Waals surface area contributed by atoms with Gasteiger partial charge >= 0.3 is 0 Å². The third-order valence-electron chi connectivity index (χ3n) is 9.31. The Hall–Kier alpha value is -4.78. The van der Waals surface area contributed by atoms with E-state index in [-0.39, 0.29) is 29.6 Å². The van der Waals surface area contributed by atoms with Crippen molar-refractivity contribution in [1.29, 1.82) is 0 Å². The van der Waals surface area contributed by atoms with Crippen LogP contribution in [0.2, 0.25) is 0 Å². The van der Waals surface area contributed by atoms with Crippen LogP contribution in [0.5, 0.6) is 0 Å². The maximum absolute atomic E-state index is 13.8. The zero-order chi connectivity index (χ0) is 32.4. The highest BCUT2D eigenvalue weighted by atomic mass is 16.5. The molecule has 2 aliphatic heterocycles. The Morgan fingerprint density at radius 2 is 1.57 bits per heavy atom. The molecule has 9 nitrogen and oxygen atoms in total. The van der Waals surface area contributed by atoms with E-state index in [1.165, 1.54) is 11.1 Å². The molecule has 0 saturated carbocycles. The first-order valence-corrected chi connectivity index (χ1v) is 16.5. The minimum Gasteiger partial charge on any atom is -0.378 e. The fourth-order valence-electron chi connectivity index (χ4n) is 6.81. The van der Waals surface area contributed by atoms with Gasteiger partial charge in [0.05, 0.1) is 37.9 Å². The topological polar surface area (TPSA) is 84.1 Å². The fraction of sp³-hybridized carbons (Fsp3) is 0.368. The minimum absolute atomic E-state index is 0.00810. The van der Waals surface area contributed by atoms with Gasteiger partial charge in [0, 0.05) is 70.0 Å². The van der Waals surface area contributed by atoms with Crippen LogP contribution in [-0.4, -0.2) is 83.6 Å². The Bertz CT molecular complexity index is 1600. The summed E-state index contributed by atoms with van der Waals surface area (Å²) < 4.78 is 7.58. The largest absolute Gasteiger partial charge is 0.378 e. The minimum atomic E-state index is -0.295. The molecule has 1 aromatic heterocycles. The van der Waals surface area contributed by atoms with Crippen molar-refractivity contribution >= 4 is 17.5 Å². The number of amides is 2. The van der Waals surface area contributed by atoms with E-state index in [1.807, 2.05) is 47.5 Å². The predicted octanol–water partition coefficient (Wildman–Crippen LogP) is 4.77. The van der Waals surface area contributed by atoms with Crippen molar-refractivity contribution in [2.75, 3.05) is 52.5 Å². The molecule has 2 amide bonds. The molecule has 0 bridgehead atoms. The first-order chi connectivity index (χ1) is 23.1. The quantitative estimate of drug-likeness (QED) is 0.242. The summed E-state index contributed by atoms with van der Waals surface area (Å²) in [6, 6.07) is 28.6. The van der Waals surface area contributed by atoms with Gasteiger partial charge < -0.3 is 24.4 Å². The number of hydrogen-bond donors (Lipinski definition) is 1. The molecule has 0 spiro atoms. The van der Waals surface area contributed by atoms with Crippen LogP contribution < -0.4 is 5.32 Å². The summed E-state index contributed by atoms with van der Waals surface area (Å²) in [4.78, 5) is 39.6. The summed E-state index contributed by atoms with van der Waals surface area (Å²) in [5.74, 6) is -0.306. The lowest BCUT2D eigenvalue weighted by atomic mass is 9.85. The van der Waals surface area contributed by atoms with Gasteiger partial charge in [0.1, 0.15) is 0 Å². The molecular weight excluding hydrogens is 588 g/mol. The van der Waals surface area contributed by atoms with Crippen molar-refractivity contribution < 1.29 is 14.3 Å². The van der Waals surface area contributed by atoms with Gasteiger partial charge in [0.15, 0.2) is 5.69 Å². The summed E-state index contributed by atoms with van der Waals surface area (Å²) in [7, 11) is 0. The van der Waals surface area contributed by atoms with Gasteiger partial charge in [-0.2, -0.15) is 0 Å². The highest BCUT2D eigenvalue weighted by molar-refractivity contribution is 5.83. The molecule has 2 atom stereocenters. The third-order valence-corrected chi connectivity index (χ3v) is 9.31. The van der Waals surface area contributed by atoms with E-state index in [0.717, 1.165) is 17.8 Å². The Morgan fingerprint density at radius 1 is 0.915 bits per heavy atom. The third kappa shape index (κ3) is 8.33. The van der Waals surface area contributed by atoms with Crippen molar-refractivity contribution in [1.82, 2.24) is 24.7 Å². The molecule has 3 heterocycles. The molecule has 2 aliphatic rings. The molecular formula is C38H42N6O3. The summed E-state index contributed by atoms with van der Waals surface area (Å²) >= 11 is 0. The Balaban J connectivity index is 1.13. The Labute approximate surface area is 277 Å². The average molecular weight is 631 g/mol. The summed E-state index contributed by atoms with van der Waals surface area (Å²) in [5.41, 5.74) is 5.18. The molecule has 1 N–H and O–H groups in total. The number of imidazole rings is 1. The van der Waals surface area contributed by atoms with E-state index in [2.05, 4.69) is 73.1 Å². The molecule has 47 heavy (non-hydrogen) atoms. The maximum atomic E-state index is 13.8. The smallest absolute Gasteiger partial charge is 0.227 e. The standard InChI is InChI=1S/C38H42N6O3/c1-39-34-14-12-29(13-15-34)24-44-28-40-23-35(44)16-17-41-37(45)32-22-33(38(46)43-18-20-47-21-19-43)26-42(25-32)27-36(30-8-4-2-5-9-30)31-10-6-3-7-11-31/h2-15,23,28,32-33,36H,16-22,24-27H2,(H,41,45)/t32-,33+/m0/s1. The monoisotopic (exact) mass is 630 g/mol. The van der Waals surface area contributed by atoms with Gasteiger partial charge in [-0.1, -0.05) is 84.9 Å². The van der Waals surface area contributed by atoms with Gasteiger partial charge in [-0.25, -0.2) is 9.83 Å². The van der Waals surface area contributed by atoms with Crippen LogP contribution in [-0.2, 0) is 27.3 Å². The van der Waals surface area contributed by atoms with Gasteiger partial charge in [0.2, 0.25) is 11.8 Å². The number of benzene rings is 3. The van der Waals surface area contributed by atoms with Crippen molar-refractivity contribution in [2.45, 2.75) is 25.3 Å². The molecule has 242 valence electrons. The number of carbonyl (C=O) groups is 2. The number of carbonyl (C=O) groups excluding carboxylic acids is 2. The second-order valence-electron chi connectivity index (χ2n) is 12.5. The van der Waals surface area contributed by atoms with Crippen LogP contribution in [0.1, 0.15) is 34.7 Å². The van der Waals surface area contributed by atoms with Crippen molar-refractivity contribution in [3.05, 3.63) is 131 Å². The fourth-order valence-corrected chi connectivity index (χ4v) is 6.81. The van der Waals surface area contributed by atoms with Crippen LogP contribution >= 0.6 is 0 Å². The van der Waals surface area contributed by atoms with E-state index >= 15 is 0 Å². The van der Waals surface area contributed by atoms with E-state index < -0.39 is 0 Å². The number of likely N-dealkylation sites (tertiary alicyclic amines) is 1. The Morgan fingerprint density at radius 3 is 2.23 bits per heavy atom. The van der Waals surface area contributed by atoms with E-state index in [9.17, 15) is 9.59 Å². The molecule has 4 aromatic rings. The zero-order valence-corrected chi connectivity index (χ0v) is 26.7. The molecule has 6 rings (SSSR count). The second kappa shape index (κ2) is 15.7. The number of aromatic nitrogens is 2. The van der Waals surface area contributed by atoms with Gasteiger partial charge in [-0.15, -0.1) is 0 Å². The second-order valence-corrected chi connectivity index (χ2v) is 12.5. The van der Waals surface area contributed by atoms with Crippen molar-refractivity contribution in [2.24, 2.45) is 11.8 Å². The number of nitrogens with one attached hydrogen (secondary N) is 1. The first-order valence-electron chi connectivity index (χ1n) is 16.5. The molecule has 2 fully saturated rings. The summed E-state index contributed by atoms with van der Waals surface area (Å²) in [6.07, 6.45) is 4.82. The van der Waals surface area contributed by atoms with E-state index in [4.69, 9.17) is 11.3 Å². The molecule has 9 heteroatoms. The van der Waals surface area contributed by atoms with Gasteiger partial charge in [-0.05, 0) is 23.1 Å². The first kappa shape index (κ1) is 32.2. The van der Waals surface area contributed by atoms with Crippen molar-refractivity contribution in [3.63, 3.8) is 0 Å². The number of hydrogen-bond acceptors (Lipinski definition) is 5. The van der Waals surface area contributed by atoms with Gasteiger partial charge in [0.25, 0.3) is 0 Å². The van der Waals surface area contributed by atoms with Gasteiger partial charge in [-0.3, -0.25) is 9.59 Å². The Kier molecular flexibility index (Phi) is 10.7. The zero-order valence-electron chi connectivity index (χ0n) is 26.7. The predicted molar refractivity (Wildman–Crippen MR) is 181 cm³/mol. The lowest BCUT2D eigenvalue weighted by Gasteiger charge is -2.40. The summed E-state index contributed by atoms with van der Waals surface area (Å²) in [6.45, 7) is 12.6. The average Bonchev–Trinajstić information content (AvgIpc) is 3.57. The normalized spacial score (nSPS) is 18.5. The molecule has 0 aliphatic carbocycles. The highest BCUT2D eigenvalue weighted by Gasteiger charge is 2.38. The van der Waals surface area contributed by atoms with Crippen LogP contribution in [0, 0.1) is 18.4 Å². The van der Waals surface area contributed by atoms with Crippen LogP contribution in [0.15, 0.2) is 97.5 Å². The lowest BCUT2D eigenvalue weighted by Crippen LogP contribution is -2.53. The SMILES string of the molecule is [C-]#[N+]c1ccc(Cn2cncc2CCNC(=O)[C@H]2C[C@@H](C(=O)N3CCOCC3)CN(CC(c3ccccc3)c3ccccc3)C2)cc1. The van der Waals surface area contributed by atoms with E-state index in [1.54, 1.807) is 6.33 Å². The van der Waals surface area contributed by atoms with Crippen LogP contribution in [0.4, 0.5) is 5.69 Å². The number of piperidine rings is 1. The number of nitrogens with zero attached hydrogens (tertiary/aromatic N) is 5. The highest BCUT2D eigenvalue weighted by Crippen LogP contribution is 2.30. The molecule has 2 saturated heterocycles.